The lowest BCUT2D eigenvalue weighted by molar-refractivity contribution is 0.112. The van der Waals surface area contributed by atoms with Crippen molar-refractivity contribution in [2.75, 3.05) is 5.32 Å². The molecule has 3 nitrogen and oxygen atoms in total. The molecule has 3 heteroatoms. The summed E-state index contributed by atoms with van der Waals surface area (Å²) < 4.78 is 0. The number of hydrogen-bond donors (Lipinski definition) is 2. The van der Waals surface area contributed by atoms with Crippen molar-refractivity contribution in [3.8, 4) is 5.75 Å². The molecule has 0 amide bonds. The molecule has 0 spiro atoms. The predicted molar refractivity (Wildman–Crippen MR) is 72.7 cm³/mol. The van der Waals surface area contributed by atoms with Crippen LogP contribution in [0.2, 0.25) is 0 Å². The lowest BCUT2D eigenvalue weighted by atomic mass is 10.1. The molecule has 2 rings (SSSR count). The maximum Gasteiger partial charge on any atom is 0.153 e. The van der Waals surface area contributed by atoms with Crippen LogP contribution < -0.4 is 5.32 Å². The Hall–Kier alpha value is -2.29. The molecule has 0 fully saturated rings. The quantitative estimate of drug-likeness (QED) is 0.638. The molecule has 0 aliphatic heterocycles. The van der Waals surface area contributed by atoms with Crippen molar-refractivity contribution in [3.05, 3.63) is 53.1 Å². The molecule has 0 atom stereocenters. The molecule has 92 valence electrons. The number of rotatable bonds is 3. The summed E-state index contributed by atoms with van der Waals surface area (Å²) in [5.74, 6) is -0.0209. The summed E-state index contributed by atoms with van der Waals surface area (Å²) in [5, 5.41) is 13.0. The smallest absolute Gasteiger partial charge is 0.153 e. The molecular weight excluding hydrogens is 226 g/mol. The number of benzene rings is 2. The Morgan fingerprint density at radius 2 is 1.89 bits per heavy atom. The molecule has 18 heavy (non-hydrogen) atoms. The molecule has 0 heterocycles. The van der Waals surface area contributed by atoms with Crippen LogP contribution in [0.5, 0.6) is 5.75 Å². The normalized spacial score (nSPS) is 10.1. The van der Waals surface area contributed by atoms with E-state index in [1.54, 1.807) is 18.2 Å². The number of phenols is 1. The molecule has 0 saturated carbocycles. The Kier molecular flexibility index (Phi) is 3.33. The third-order valence-electron chi connectivity index (χ3n) is 2.85. The number of aryl methyl sites for hydroxylation is 2. The van der Waals surface area contributed by atoms with Crippen LogP contribution in [-0.4, -0.2) is 11.4 Å². The van der Waals surface area contributed by atoms with Crippen LogP contribution in [0.25, 0.3) is 0 Å². The molecule has 0 aromatic heterocycles. The van der Waals surface area contributed by atoms with Gasteiger partial charge in [-0.05, 0) is 37.6 Å². The first-order chi connectivity index (χ1) is 8.61. The fourth-order valence-electron chi connectivity index (χ4n) is 1.86. The second-order valence-electron chi connectivity index (χ2n) is 4.30. The lowest BCUT2D eigenvalue weighted by Crippen LogP contribution is -1.95. The first-order valence-corrected chi connectivity index (χ1v) is 5.73. The highest BCUT2D eigenvalue weighted by Gasteiger charge is 2.07. The zero-order chi connectivity index (χ0) is 13.1. The van der Waals surface area contributed by atoms with E-state index in [0.29, 0.717) is 12.0 Å². The van der Waals surface area contributed by atoms with Crippen molar-refractivity contribution in [3.63, 3.8) is 0 Å². The second-order valence-corrected chi connectivity index (χ2v) is 4.30. The molecule has 0 bridgehead atoms. The number of carbonyl (C=O) groups excluding carboxylic acids is 1. The van der Waals surface area contributed by atoms with Crippen molar-refractivity contribution >= 4 is 17.7 Å². The summed E-state index contributed by atoms with van der Waals surface area (Å²) in [6.45, 7) is 4.03. The van der Waals surface area contributed by atoms with E-state index in [-0.39, 0.29) is 11.3 Å². The standard InChI is InChI=1S/C15H15NO2/c1-10-6-7-13(11(2)8-10)16-14-5-3-4-12(9-17)15(14)18/h3-9,16,18H,1-2H3. The van der Waals surface area contributed by atoms with Gasteiger partial charge >= 0.3 is 0 Å². The molecule has 0 aliphatic rings. The first-order valence-electron chi connectivity index (χ1n) is 5.73. The third-order valence-corrected chi connectivity index (χ3v) is 2.85. The van der Waals surface area contributed by atoms with Crippen LogP contribution in [0.15, 0.2) is 36.4 Å². The first kappa shape index (κ1) is 12.2. The van der Waals surface area contributed by atoms with E-state index >= 15 is 0 Å². The van der Waals surface area contributed by atoms with Gasteiger partial charge < -0.3 is 10.4 Å². The zero-order valence-corrected chi connectivity index (χ0v) is 10.4. The Morgan fingerprint density at radius 1 is 1.11 bits per heavy atom. The maximum atomic E-state index is 10.8. The van der Waals surface area contributed by atoms with Crippen LogP contribution >= 0.6 is 0 Å². The predicted octanol–water partition coefficient (Wildman–Crippen LogP) is 3.57. The molecule has 0 radical (unpaired) electrons. The van der Waals surface area contributed by atoms with Gasteiger partial charge in [0.25, 0.3) is 0 Å². The van der Waals surface area contributed by atoms with E-state index in [9.17, 15) is 9.90 Å². The number of nitrogens with one attached hydrogen (secondary N) is 1. The second kappa shape index (κ2) is 4.92. The van der Waals surface area contributed by atoms with Crippen molar-refractivity contribution in [1.29, 1.82) is 0 Å². The Morgan fingerprint density at radius 3 is 2.56 bits per heavy atom. The number of aromatic hydroxyl groups is 1. The average Bonchev–Trinajstić information content (AvgIpc) is 2.35. The fraction of sp³-hybridized carbons (Fsp3) is 0.133. The SMILES string of the molecule is Cc1ccc(Nc2cccc(C=O)c2O)c(C)c1. The van der Waals surface area contributed by atoms with Gasteiger partial charge in [0.15, 0.2) is 6.29 Å². The third kappa shape index (κ3) is 2.35. The molecular formula is C15H15NO2. The minimum absolute atomic E-state index is 0.0209. The highest BCUT2D eigenvalue weighted by Crippen LogP contribution is 2.30. The van der Waals surface area contributed by atoms with E-state index in [2.05, 4.69) is 11.4 Å². The number of carbonyl (C=O) groups is 1. The molecule has 2 aromatic carbocycles. The average molecular weight is 241 g/mol. The van der Waals surface area contributed by atoms with Gasteiger partial charge in [-0.15, -0.1) is 0 Å². The highest BCUT2D eigenvalue weighted by molar-refractivity contribution is 5.84. The van der Waals surface area contributed by atoms with E-state index in [1.165, 1.54) is 5.56 Å². The van der Waals surface area contributed by atoms with Crippen LogP contribution in [0.4, 0.5) is 11.4 Å². The lowest BCUT2D eigenvalue weighted by Gasteiger charge is -2.12. The van der Waals surface area contributed by atoms with E-state index in [0.717, 1.165) is 11.3 Å². The summed E-state index contributed by atoms with van der Waals surface area (Å²) in [6.07, 6.45) is 0.641. The number of hydrogen-bond acceptors (Lipinski definition) is 3. The van der Waals surface area contributed by atoms with Crippen molar-refractivity contribution in [1.82, 2.24) is 0 Å². The van der Waals surface area contributed by atoms with Crippen LogP contribution in [0.1, 0.15) is 21.5 Å². The number of anilines is 2. The molecule has 0 aliphatic carbocycles. The number of phenolic OH excluding ortho intramolecular Hbond substituents is 1. The van der Waals surface area contributed by atoms with Gasteiger partial charge in [0, 0.05) is 5.69 Å². The monoisotopic (exact) mass is 241 g/mol. The molecule has 2 N–H and O–H groups in total. The van der Waals surface area contributed by atoms with Crippen LogP contribution in [-0.2, 0) is 0 Å². The van der Waals surface area contributed by atoms with Crippen LogP contribution in [0, 0.1) is 13.8 Å². The van der Waals surface area contributed by atoms with Gasteiger partial charge in [-0.1, -0.05) is 23.8 Å². The number of aldehydes is 1. The Labute approximate surface area is 106 Å². The van der Waals surface area contributed by atoms with Gasteiger partial charge in [-0.25, -0.2) is 0 Å². The van der Waals surface area contributed by atoms with Crippen molar-refractivity contribution in [2.24, 2.45) is 0 Å². The van der Waals surface area contributed by atoms with Crippen LogP contribution in [0.3, 0.4) is 0 Å². The summed E-state index contributed by atoms with van der Waals surface area (Å²) in [6, 6.07) is 11.1. The topological polar surface area (TPSA) is 49.3 Å². The van der Waals surface area contributed by atoms with Gasteiger partial charge in [0.05, 0.1) is 11.3 Å². The maximum absolute atomic E-state index is 10.8. The van der Waals surface area contributed by atoms with Gasteiger partial charge in [0.1, 0.15) is 5.75 Å². The van der Waals surface area contributed by atoms with Gasteiger partial charge in [-0.3, -0.25) is 4.79 Å². The summed E-state index contributed by atoms with van der Waals surface area (Å²) in [4.78, 5) is 10.8. The number of para-hydroxylation sites is 1. The van der Waals surface area contributed by atoms with Crippen molar-refractivity contribution < 1.29 is 9.90 Å². The minimum atomic E-state index is -0.0209. The van der Waals surface area contributed by atoms with Gasteiger partial charge in [-0.2, -0.15) is 0 Å². The van der Waals surface area contributed by atoms with Gasteiger partial charge in [0.2, 0.25) is 0 Å². The van der Waals surface area contributed by atoms with Crippen molar-refractivity contribution in [2.45, 2.75) is 13.8 Å². The molecule has 0 unspecified atom stereocenters. The highest BCUT2D eigenvalue weighted by atomic mass is 16.3. The Bertz CT molecular complexity index is 591. The fourth-order valence-corrected chi connectivity index (χ4v) is 1.86. The summed E-state index contributed by atoms with van der Waals surface area (Å²) >= 11 is 0. The van der Waals surface area contributed by atoms with E-state index in [4.69, 9.17) is 0 Å². The largest absolute Gasteiger partial charge is 0.505 e. The zero-order valence-electron chi connectivity index (χ0n) is 10.4. The van der Waals surface area contributed by atoms with E-state index < -0.39 is 0 Å². The Balaban J connectivity index is 2.37. The minimum Gasteiger partial charge on any atom is -0.505 e. The summed E-state index contributed by atoms with van der Waals surface area (Å²) in [7, 11) is 0. The summed E-state index contributed by atoms with van der Waals surface area (Å²) in [5.41, 5.74) is 4.00. The molecule has 0 saturated heterocycles. The van der Waals surface area contributed by atoms with E-state index in [1.807, 2.05) is 26.0 Å². The molecule has 2 aromatic rings.